The van der Waals surface area contributed by atoms with Gasteiger partial charge in [-0.15, -0.1) is 0 Å². The highest BCUT2D eigenvalue weighted by molar-refractivity contribution is 8.25. The molecule has 0 rings (SSSR count). The van der Waals surface area contributed by atoms with Crippen LogP contribution in [0, 0.1) is 0 Å². The third-order valence-corrected chi connectivity index (χ3v) is 4.36. The maximum absolute atomic E-state index is 10.5. The summed E-state index contributed by atoms with van der Waals surface area (Å²) in [6.07, 6.45) is 0. The van der Waals surface area contributed by atoms with Gasteiger partial charge in [-0.2, -0.15) is 0 Å². The van der Waals surface area contributed by atoms with E-state index in [0.717, 1.165) is 24.9 Å². The van der Waals surface area contributed by atoms with Crippen LogP contribution >= 0.6 is 31.6 Å². The normalized spacial score (nSPS) is 11.4. The Bertz CT molecular complexity index is 214. The smallest absolute Gasteiger partial charge is 0.335 e. The predicted molar refractivity (Wildman–Crippen MR) is 60.0 cm³/mol. The summed E-state index contributed by atoms with van der Waals surface area (Å²) in [7, 11) is -3.93. The van der Waals surface area contributed by atoms with Crippen molar-refractivity contribution in [3.05, 3.63) is 0 Å². The molecule has 78 valence electrons. The van der Waals surface area contributed by atoms with Gasteiger partial charge in [0.2, 0.25) is 0 Å². The van der Waals surface area contributed by atoms with Crippen LogP contribution in [-0.2, 0) is 4.57 Å². The molecule has 7 heteroatoms. The van der Waals surface area contributed by atoms with E-state index in [1.807, 2.05) is 18.7 Å². The number of thiocarbonyl (C=S) groups is 1. The molecule has 0 unspecified atom stereocenters. The van der Waals surface area contributed by atoms with Gasteiger partial charge in [0.25, 0.3) is 0 Å². The predicted octanol–water partition coefficient (Wildman–Crippen LogP) is 1.48. The van der Waals surface area contributed by atoms with Crippen LogP contribution in [0.15, 0.2) is 0 Å². The van der Waals surface area contributed by atoms with Crippen molar-refractivity contribution < 1.29 is 14.4 Å². The number of nitrogens with zero attached hydrogens (tertiary/aromatic N) is 1. The van der Waals surface area contributed by atoms with Crippen LogP contribution in [0.1, 0.15) is 13.8 Å². The zero-order valence-corrected chi connectivity index (χ0v) is 10.2. The molecule has 0 heterocycles. The first-order valence-electron chi connectivity index (χ1n) is 3.87. The number of thioether (sulfide) groups is 1. The highest BCUT2D eigenvalue weighted by Gasteiger charge is 2.16. The van der Waals surface area contributed by atoms with Gasteiger partial charge in [-0.1, -0.05) is 24.0 Å². The first-order valence-corrected chi connectivity index (χ1v) is 7.06. The van der Waals surface area contributed by atoms with Gasteiger partial charge in [0.15, 0.2) is 0 Å². The molecule has 0 bridgehead atoms. The van der Waals surface area contributed by atoms with Gasteiger partial charge in [-0.25, -0.2) is 0 Å². The van der Waals surface area contributed by atoms with Crippen LogP contribution in [0.2, 0.25) is 0 Å². The lowest BCUT2D eigenvalue weighted by Crippen LogP contribution is -2.26. The van der Waals surface area contributed by atoms with Crippen LogP contribution < -0.4 is 0 Å². The van der Waals surface area contributed by atoms with Crippen LogP contribution in [0.5, 0.6) is 0 Å². The fourth-order valence-corrected chi connectivity index (χ4v) is 3.00. The van der Waals surface area contributed by atoms with E-state index in [2.05, 4.69) is 0 Å². The molecule has 0 aromatic heterocycles. The lowest BCUT2D eigenvalue weighted by atomic mass is 10.6. The number of hydrogen-bond acceptors (Lipinski definition) is 3. The van der Waals surface area contributed by atoms with Crippen LogP contribution in [0.25, 0.3) is 0 Å². The van der Waals surface area contributed by atoms with Gasteiger partial charge >= 0.3 is 7.60 Å². The SMILES string of the molecule is CCN(CC)C(=S)SCP(=O)(O)O. The van der Waals surface area contributed by atoms with Crippen molar-refractivity contribution in [3.63, 3.8) is 0 Å². The van der Waals surface area contributed by atoms with Crippen molar-refractivity contribution in [2.45, 2.75) is 13.8 Å². The van der Waals surface area contributed by atoms with Gasteiger partial charge in [0.1, 0.15) is 9.81 Å². The molecule has 0 aliphatic heterocycles. The molecule has 0 aliphatic rings. The van der Waals surface area contributed by atoms with Gasteiger partial charge in [0.05, 0.1) is 0 Å². The van der Waals surface area contributed by atoms with Crippen molar-refractivity contribution in [2.75, 3.05) is 18.6 Å². The fraction of sp³-hybridized carbons (Fsp3) is 0.833. The molecule has 0 aromatic rings. The van der Waals surface area contributed by atoms with Gasteiger partial charge in [-0.05, 0) is 13.8 Å². The minimum absolute atomic E-state index is 0.234. The molecule has 0 saturated carbocycles. The van der Waals surface area contributed by atoms with E-state index in [1.165, 1.54) is 0 Å². The molecule has 0 amide bonds. The maximum atomic E-state index is 10.5. The van der Waals surface area contributed by atoms with Crippen LogP contribution in [-0.4, -0.2) is 37.6 Å². The Kier molecular flexibility index (Phi) is 6.16. The van der Waals surface area contributed by atoms with Gasteiger partial charge in [0, 0.05) is 13.1 Å². The first kappa shape index (κ1) is 13.4. The summed E-state index contributed by atoms with van der Waals surface area (Å²) in [5, 5.41) is 0. The van der Waals surface area contributed by atoms with Crippen LogP contribution in [0.4, 0.5) is 0 Å². The first-order chi connectivity index (χ1) is 5.90. The second kappa shape index (κ2) is 5.98. The fourth-order valence-electron chi connectivity index (χ4n) is 0.712. The van der Waals surface area contributed by atoms with Crippen molar-refractivity contribution in [1.82, 2.24) is 4.90 Å². The minimum Gasteiger partial charge on any atom is -0.358 e. The summed E-state index contributed by atoms with van der Waals surface area (Å²) in [5.74, 6) is 0. The molecule has 0 aliphatic carbocycles. The molecule has 13 heavy (non-hydrogen) atoms. The average molecular weight is 243 g/mol. The molecule has 2 N–H and O–H groups in total. The summed E-state index contributed by atoms with van der Waals surface area (Å²) in [6.45, 7) is 5.44. The molecular weight excluding hydrogens is 229 g/mol. The Balaban J connectivity index is 3.93. The maximum Gasteiger partial charge on any atom is 0.335 e. The average Bonchev–Trinajstić information content (AvgIpc) is 2.02. The molecule has 0 spiro atoms. The van der Waals surface area contributed by atoms with Crippen molar-refractivity contribution in [2.24, 2.45) is 0 Å². The second-order valence-corrected chi connectivity index (χ2v) is 6.06. The van der Waals surface area contributed by atoms with E-state index in [4.69, 9.17) is 22.0 Å². The lowest BCUT2D eigenvalue weighted by molar-refractivity contribution is 0.379. The highest BCUT2D eigenvalue weighted by atomic mass is 32.2. The Hall–Kier alpha value is 0.390. The molecule has 4 nitrogen and oxygen atoms in total. The number of rotatable bonds is 4. The Morgan fingerprint density at radius 2 is 1.92 bits per heavy atom. The van der Waals surface area contributed by atoms with Crippen molar-refractivity contribution >= 4 is 35.9 Å². The lowest BCUT2D eigenvalue weighted by Gasteiger charge is -2.20. The molecule has 0 atom stereocenters. The molecule has 0 aromatic carbocycles. The third kappa shape index (κ3) is 6.46. The summed E-state index contributed by atoms with van der Waals surface area (Å²) < 4.78 is 11.1. The Morgan fingerprint density at radius 3 is 2.23 bits per heavy atom. The summed E-state index contributed by atoms with van der Waals surface area (Å²) in [4.78, 5) is 19.1. The molecule has 0 fully saturated rings. The number of hydrogen-bond donors (Lipinski definition) is 2. The topological polar surface area (TPSA) is 60.8 Å². The monoisotopic (exact) mass is 243 g/mol. The molecule has 0 saturated heterocycles. The standard InChI is InChI=1S/C6H14NO3PS2/c1-3-7(4-2)6(12)13-5-11(8,9)10/h3-5H2,1-2H3,(H2,8,9,10). The molecular formula is C6H14NO3PS2. The molecule has 0 radical (unpaired) electrons. The van der Waals surface area contributed by atoms with Crippen molar-refractivity contribution in [1.29, 1.82) is 0 Å². The van der Waals surface area contributed by atoms with Gasteiger partial charge in [-0.3, -0.25) is 4.57 Å². The third-order valence-electron chi connectivity index (χ3n) is 1.38. The van der Waals surface area contributed by atoms with Crippen molar-refractivity contribution in [3.8, 4) is 0 Å². The largest absolute Gasteiger partial charge is 0.358 e. The quantitative estimate of drug-likeness (QED) is 0.576. The van der Waals surface area contributed by atoms with E-state index in [0.29, 0.717) is 4.32 Å². The summed E-state index contributed by atoms with van der Waals surface area (Å²) >= 11 is 6.02. The summed E-state index contributed by atoms with van der Waals surface area (Å²) in [6, 6.07) is 0. The van der Waals surface area contributed by atoms with E-state index in [1.54, 1.807) is 0 Å². The highest BCUT2D eigenvalue weighted by Crippen LogP contribution is 2.39. The van der Waals surface area contributed by atoms with E-state index < -0.39 is 7.60 Å². The Labute approximate surface area is 87.9 Å². The van der Waals surface area contributed by atoms with Gasteiger partial charge < -0.3 is 14.7 Å². The zero-order valence-electron chi connectivity index (χ0n) is 7.63. The van der Waals surface area contributed by atoms with E-state index in [-0.39, 0.29) is 5.49 Å². The minimum atomic E-state index is -3.93. The Morgan fingerprint density at radius 1 is 1.46 bits per heavy atom. The second-order valence-electron chi connectivity index (χ2n) is 2.38. The summed E-state index contributed by atoms with van der Waals surface area (Å²) in [5.41, 5.74) is -0.234. The van der Waals surface area contributed by atoms with E-state index in [9.17, 15) is 4.57 Å². The zero-order chi connectivity index (χ0) is 10.5. The van der Waals surface area contributed by atoms with E-state index >= 15 is 0 Å². The van der Waals surface area contributed by atoms with Crippen LogP contribution in [0.3, 0.4) is 0 Å².